The van der Waals surface area contributed by atoms with E-state index in [4.69, 9.17) is 4.74 Å². The highest BCUT2D eigenvalue weighted by Gasteiger charge is 2.30. The molecule has 2 aliphatic heterocycles. The van der Waals surface area contributed by atoms with Gasteiger partial charge in [0, 0.05) is 69.6 Å². The molecule has 43 heavy (non-hydrogen) atoms. The quantitative estimate of drug-likeness (QED) is 0.352. The van der Waals surface area contributed by atoms with Crippen molar-refractivity contribution in [3.63, 3.8) is 0 Å². The van der Waals surface area contributed by atoms with Gasteiger partial charge in [-0.25, -0.2) is 9.78 Å². The second-order valence-electron chi connectivity index (χ2n) is 11.2. The van der Waals surface area contributed by atoms with Crippen LogP contribution < -0.4 is 15.0 Å². The number of carbonyl (C=O) groups excluding carboxylic acids is 1. The third-order valence-corrected chi connectivity index (χ3v) is 8.14. The van der Waals surface area contributed by atoms with E-state index in [-0.39, 0.29) is 18.1 Å². The highest BCUT2D eigenvalue weighted by Crippen LogP contribution is 2.31. The summed E-state index contributed by atoms with van der Waals surface area (Å²) in [6, 6.07) is 14.1. The molecule has 0 spiro atoms. The number of hydrogen-bond acceptors (Lipinski definition) is 6. The van der Waals surface area contributed by atoms with Crippen LogP contribution in [0.1, 0.15) is 63.1 Å². The van der Waals surface area contributed by atoms with Crippen molar-refractivity contribution in [2.24, 2.45) is 0 Å². The van der Waals surface area contributed by atoms with Gasteiger partial charge in [0.25, 0.3) is 5.91 Å². The van der Waals surface area contributed by atoms with E-state index < -0.39 is 17.7 Å². The number of amides is 1. The van der Waals surface area contributed by atoms with Crippen LogP contribution in [0.15, 0.2) is 60.8 Å². The molecule has 3 heterocycles. The predicted octanol–water partition coefficient (Wildman–Crippen LogP) is 5.55. The maximum absolute atomic E-state index is 12.8. The van der Waals surface area contributed by atoms with Crippen molar-refractivity contribution in [3.8, 4) is 5.88 Å². The molecule has 228 valence electrons. The summed E-state index contributed by atoms with van der Waals surface area (Å²) in [5.74, 6) is -0.664. The van der Waals surface area contributed by atoms with Crippen LogP contribution in [0, 0.1) is 6.92 Å². The Morgan fingerprint density at radius 1 is 0.977 bits per heavy atom. The first-order valence-electron chi connectivity index (χ1n) is 14.5. The van der Waals surface area contributed by atoms with Gasteiger partial charge in [-0.3, -0.25) is 9.69 Å². The molecule has 2 fully saturated rings. The van der Waals surface area contributed by atoms with E-state index in [1.54, 1.807) is 25.1 Å². The first-order chi connectivity index (χ1) is 20.5. The molecule has 2 aromatic carbocycles. The van der Waals surface area contributed by atoms with Crippen LogP contribution in [0.2, 0.25) is 0 Å². The Balaban J connectivity index is 1.04. The average Bonchev–Trinajstić information content (AvgIpc) is 2.98. The second kappa shape index (κ2) is 13.0. The third kappa shape index (κ3) is 7.84. The number of aromatic nitrogens is 1. The van der Waals surface area contributed by atoms with E-state index >= 15 is 0 Å². The molecule has 1 amide bonds. The Labute approximate surface area is 248 Å². The van der Waals surface area contributed by atoms with Crippen molar-refractivity contribution in [3.05, 3.63) is 88.6 Å². The summed E-state index contributed by atoms with van der Waals surface area (Å²) in [4.78, 5) is 32.8. The number of rotatable bonds is 8. The SMILES string of the molecule is Cc1cc(CN2CCC(NC(=O)c3ccc(OC4CCN(c5ccc(C(F)(F)F)cc5)CC4)nc3)CC2)ccc1C(=O)O. The fourth-order valence-corrected chi connectivity index (χ4v) is 5.67. The zero-order valence-corrected chi connectivity index (χ0v) is 23.9. The van der Waals surface area contributed by atoms with Gasteiger partial charge < -0.3 is 20.1 Å². The van der Waals surface area contributed by atoms with Crippen molar-refractivity contribution in [2.45, 2.75) is 57.5 Å². The van der Waals surface area contributed by atoms with Crippen molar-refractivity contribution in [2.75, 3.05) is 31.1 Å². The summed E-state index contributed by atoms with van der Waals surface area (Å²) in [7, 11) is 0. The van der Waals surface area contributed by atoms with Gasteiger partial charge in [0.05, 0.1) is 16.7 Å². The standard InChI is InChI=1S/C32H35F3N4O4/c1-21-18-22(2-8-28(21)31(41)42)20-38-14-10-25(11-15-38)37-30(40)23-3-9-29(36-19-23)43-27-12-16-39(17-13-27)26-6-4-24(5-7-26)32(33,34)35/h2-9,18-19,25,27H,10-17,20H2,1H3,(H,37,40)(H,41,42). The number of nitrogens with zero attached hydrogens (tertiary/aromatic N) is 3. The number of carbonyl (C=O) groups is 2. The van der Waals surface area contributed by atoms with Crippen molar-refractivity contribution >= 4 is 17.6 Å². The van der Waals surface area contributed by atoms with Crippen LogP contribution in [0.5, 0.6) is 5.88 Å². The normalized spacial score (nSPS) is 17.1. The smallest absolute Gasteiger partial charge is 0.416 e. The zero-order chi connectivity index (χ0) is 30.6. The number of aryl methyl sites for hydroxylation is 1. The van der Waals surface area contributed by atoms with Crippen LogP contribution >= 0.6 is 0 Å². The number of piperidine rings is 2. The number of nitrogens with one attached hydrogen (secondary N) is 1. The molecule has 0 bridgehead atoms. The predicted molar refractivity (Wildman–Crippen MR) is 155 cm³/mol. The molecule has 2 N–H and O–H groups in total. The lowest BCUT2D eigenvalue weighted by Gasteiger charge is -2.33. The number of alkyl halides is 3. The van der Waals surface area contributed by atoms with Crippen LogP contribution in [0.3, 0.4) is 0 Å². The molecule has 1 aromatic heterocycles. The molecule has 2 aliphatic rings. The number of benzene rings is 2. The van der Waals surface area contributed by atoms with E-state index in [2.05, 4.69) is 15.2 Å². The molecule has 0 radical (unpaired) electrons. The average molecular weight is 597 g/mol. The van der Waals surface area contributed by atoms with Crippen LogP contribution in [0.4, 0.5) is 18.9 Å². The number of likely N-dealkylation sites (tertiary alicyclic amines) is 1. The highest BCUT2D eigenvalue weighted by molar-refractivity contribution is 5.94. The van der Waals surface area contributed by atoms with Gasteiger partial charge in [0.15, 0.2) is 0 Å². The number of halogens is 3. The number of pyridine rings is 1. The van der Waals surface area contributed by atoms with Crippen molar-refractivity contribution in [1.82, 2.24) is 15.2 Å². The Morgan fingerprint density at radius 3 is 2.26 bits per heavy atom. The third-order valence-electron chi connectivity index (χ3n) is 8.14. The zero-order valence-electron chi connectivity index (χ0n) is 23.9. The summed E-state index contributed by atoms with van der Waals surface area (Å²) in [5.41, 5.74) is 2.70. The minimum absolute atomic E-state index is 0.0608. The molecular formula is C32H35F3N4O4. The molecular weight excluding hydrogens is 561 g/mol. The molecule has 3 aromatic rings. The molecule has 8 nitrogen and oxygen atoms in total. The summed E-state index contributed by atoms with van der Waals surface area (Å²) in [6.45, 7) is 5.51. The Hall–Kier alpha value is -4.12. The Morgan fingerprint density at radius 2 is 1.67 bits per heavy atom. The first kappa shape index (κ1) is 30.3. The van der Waals surface area contributed by atoms with E-state index in [1.165, 1.54) is 18.3 Å². The lowest BCUT2D eigenvalue weighted by atomic mass is 10.0. The summed E-state index contributed by atoms with van der Waals surface area (Å²) >= 11 is 0. The minimum Gasteiger partial charge on any atom is -0.478 e. The number of ether oxygens (including phenoxy) is 1. The van der Waals surface area contributed by atoms with Gasteiger partial charge in [0.2, 0.25) is 5.88 Å². The van der Waals surface area contributed by atoms with Crippen molar-refractivity contribution < 1.29 is 32.6 Å². The number of carboxylic acid groups (broad SMARTS) is 1. The van der Waals surface area contributed by atoms with Crippen LogP contribution in [0.25, 0.3) is 0 Å². The van der Waals surface area contributed by atoms with Crippen LogP contribution in [-0.4, -0.2) is 65.2 Å². The van der Waals surface area contributed by atoms with E-state index in [0.29, 0.717) is 42.9 Å². The van der Waals surface area contributed by atoms with Gasteiger partial charge in [0.1, 0.15) is 6.10 Å². The first-order valence-corrected chi connectivity index (χ1v) is 14.5. The molecule has 0 aliphatic carbocycles. The number of anilines is 1. The van der Waals surface area contributed by atoms with Crippen LogP contribution in [-0.2, 0) is 12.7 Å². The van der Waals surface area contributed by atoms with Gasteiger partial charge in [-0.15, -0.1) is 0 Å². The highest BCUT2D eigenvalue weighted by atomic mass is 19.4. The van der Waals surface area contributed by atoms with E-state index in [0.717, 1.165) is 61.4 Å². The maximum Gasteiger partial charge on any atom is 0.416 e. The fraction of sp³-hybridized carbons (Fsp3) is 0.406. The maximum atomic E-state index is 12.8. The minimum atomic E-state index is -4.35. The van der Waals surface area contributed by atoms with Crippen molar-refractivity contribution in [1.29, 1.82) is 0 Å². The topological polar surface area (TPSA) is 95.0 Å². The van der Waals surface area contributed by atoms with Gasteiger partial charge in [-0.05, 0) is 67.3 Å². The lowest BCUT2D eigenvalue weighted by Crippen LogP contribution is -2.44. The Bertz CT molecular complexity index is 1410. The van der Waals surface area contributed by atoms with Gasteiger partial charge in [-0.1, -0.05) is 12.1 Å². The second-order valence-corrected chi connectivity index (χ2v) is 11.2. The van der Waals surface area contributed by atoms with E-state index in [1.807, 2.05) is 17.0 Å². The number of hydrogen-bond donors (Lipinski definition) is 2. The lowest BCUT2D eigenvalue weighted by molar-refractivity contribution is -0.137. The monoisotopic (exact) mass is 596 g/mol. The molecule has 11 heteroatoms. The van der Waals surface area contributed by atoms with E-state index in [9.17, 15) is 27.9 Å². The summed E-state index contributed by atoms with van der Waals surface area (Å²) in [6.07, 6.45) is 0.146. The fourth-order valence-electron chi connectivity index (χ4n) is 5.67. The van der Waals surface area contributed by atoms with Gasteiger partial charge >= 0.3 is 12.1 Å². The molecule has 0 unspecified atom stereocenters. The molecule has 5 rings (SSSR count). The largest absolute Gasteiger partial charge is 0.478 e. The Kier molecular flexibility index (Phi) is 9.19. The molecule has 0 atom stereocenters. The summed E-state index contributed by atoms with van der Waals surface area (Å²) < 4.78 is 44.5. The van der Waals surface area contributed by atoms with Gasteiger partial charge in [-0.2, -0.15) is 13.2 Å². The number of carboxylic acids is 1. The molecule has 2 saturated heterocycles. The number of aromatic carboxylic acids is 1. The molecule has 0 saturated carbocycles. The summed E-state index contributed by atoms with van der Waals surface area (Å²) in [5, 5.41) is 12.3.